The van der Waals surface area contributed by atoms with Crippen LogP contribution in [0.2, 0.25) is 0 Å². The van der Waals surface area contributed by atoms with Gasteiger partial charge in [-0.2, -0.15) is 0 Å². The second kappa shape index (κ2) is 3.51. The Morgan fingerprint density at radius 1 is 0.941 bits per heavy atom. The molecule has 1 heteroatoms. The predicted molar refractivity (Wildman–Crippen MR) is 67.9 cm³/mol. The van der Waals surface area contributed by atoms with Crippen molar-refractivity contribution in [3.05, 3.63) is 29.8 Å². The van der Waals surface area contributed by atoms with Crippen LogP contribution in [0.15, 0.2) is 24.3 Å². The van der Waals surface area contributed by atoms with Crippen molar-refractivity contribution in [3.8, 4) is 5.75 Å². The molecule has 2 bridgehead atoms. The van der Waals surface area contributed by atoms with Crippen LogP contribution < -0.4 is 0 Å². The summed E-state index contributed by atoms with van der Waals surface area (Å²) in [5.41, 5.74) is 1.23. The van der Waals surface area contributed by atoms with Gasteiger partial charge < -0.3 is 5.11 Å². The van der Waals surface area contributed by atoms with Crippen LogP contribution in [0.1, 0.15) is 43.6 Å². The van der Waals surface area contributed by atoms with E-state index in [1.54, 1.807) is 0 Å². The van der Waals surface area contributed by atoms with E-state index in [9.17, 15) is 5.11 Å². The summed E-state index contributed by atoms with van der Waals surface area (Å²) in [5, 5.41) is 10.0. The normalized spacial score (nSPS) is 42.9. The Balaban J connectivity index is 1.68. The third-order valence-electron chi connectivity index (χ3n) is 5.76. The van der Waals surface area contributed by atoms with Crippen molar-refractivity contribution in [1.29, 1.82) is 0 Å². The monoisotopic (exact) mass is 228 g/mol. The molecule has 90 valence electrons. The topological polar surface area (TPSA) is 20.2 Å². The number of phenolic OH excluding ortho intramolecular Hbond substituents is 1. The second-order valence-electron chi connectivity index (χ2n) is 6.32. The highest BCUT2D eigenvalue weighted by Gasteiger charge is 2.54. The maximum absolute atomic E-state index is 10.0. The molecule has 1 aromatic rings. The van der Waals surface area contributed by atoms with Crippen LogP contribution in [0, 0.1) is 23.7 Å². The number of benzene rings is 1. The number of rotatable bonds is 1. The molecule has 0 radical (unpaired) electrons. The standard InChI is InChI=1S/C16H20O/c17-16-7-2-1-4-13(16)15-9-10-8-14(15)12-6-3-5-11(10)12/h1-2,4,7,10-12,14-15,17H,3,5-6,8-9H2. The Morgan fingerprint density at radius 3 is 2.65 bits per heavy atom. The molecule has 1 nitrogen and oxygen atoms in total. The third-order valence-corrected chi connectivity index (χ3v) is 5.76. The van der Waals surface area contributed by atoms with Gasteiger partial charge in [0.15, 0.2) is 0 Å². The van der Waals surface area contributed by atoms with Crippen LogP contribution in [0.4, 0.5) is 0 Å². The molecule has 0 aromatic heterocycles. The van der Waals surface area contributed by atoms with Gasteiger partial charge >= 0.3 is 0 Å². The van der Waals surface area contributed by atoms with Crippen molar-refractivity contribution < 1.29 is 5.11 Å². The average Bonchev–Trinajstić information content (AvgIpc) is 3.01. The van der Waals surface area contributed by atoms with Crippen molar-refractivity contribution in [2.75, 3.05) is 0 Å². The SMILES string of the molecule is Oc1ccccc1C1CC2CC1C1CCCC21. The van der Waals surface area contributed by atoms with E-state index in [2.05, 4.69) is 12.1 Å². The molecule has 1 aromatic carbocycles. The lowest BCUT2D eigenvalue weighted by Crippen LogP contribution is -2.23. The molecule has 3 aliphatic rings. The highest BCUT2D eigenvalue weighted by atomic mass is 16.3. The Labute approximate surface area is 103 Å². The molecule has 3 aliphatic carbocycles. The summed E-state index contributed by atoms with van der Waals surface area (Å²) in [4.78, 5) is 0. The molecule has 0 amide bonds. The van der Waals surface area contributed by atoms with Crippen molar-refractivity contribution in [3.63, 3.8) is 0 Å². The molecule has 3 fully saturated rings. The Bertz CT molecular complexity index is 439. The molecule has 5 unspecified atom stereocenters. The lowest BCUT2D eigenvalue weighted by atomic mass is 9.73. The summed E-state index contributed by atoms with van der Waals surface area (Å²) < 4.78 is 0. The molecule has 0 spiro atoms. The van der Waals surface area contributed by atoms with E-state index < -0.39 is 0 Å². The van der Waals surface area contributed by atoms with Crippen molar-refractivity contribution in [1.82, 2.24) is 0 Å². The number of hydrogen-bond donors (Lipinski definition) is 1. The van der Waals surface area contributed by atoms with E-state index in [-0.39, 0.29) is 0 Å². The van der Waals surface area contributed by atoms with Gasteiger partial charge in [0.1, 0.15) is 5.75 Å². The lowest BCUT2D eigenvalue weighted by Gasteiger charge is -2.32. The number of phenols is 1. The predicted octanol–water partition coefficient (Wildman–Crippen LogP) is 3.93. The van der Waals surface area contributed by atoms with Gasteiger partial charge in [0.05, 0.1) is 0 Å². The van der Waals surface area contributed by atoms with Crippen LogP contribution in [0.25, 0.3) is 0 Å². The van der Waals surface area contributed by atoms with Crippen molar-refractivity contribution in [2.24, 2.45) is 23.7 Å². The fourth-order valence-electron chi connectivity index (χ4n) is 5.23. The van der Waals surface area contributed by atoms with E-state index >= 15 is 0 Å². The first-order chi connectivity index (χ1) is 8.34. The number of para-hydroxylation sites is 1. The molecule has 3 saturated carbocycles. The summed E-state index contributed by atoms with van der Waals surface area (Å²) in [6.45, 7) is 0. The summed E-state index contributed by atoms with van der Waals surface area (Å²) in [6, 6.07) is 8.01. The maximum Gasteiger partial charge on any atom is 0.119 e. The minimum atomic E-state index is 0.527. The first-order valence-electron chi connectivity index (χ1n) is 7.12. The summed E-state index contributed by atoms with van der Waals surface area (Å²) in [5.74, 6) is 5.05. The number of hydrogen-bond acceptors (Lipinski definition) is 1. The number of aromatic hydroxyl groups is 1. The van der Waals surface area contributed by atoms with Gasteiger partial charge in [0.25, 0.3) is 0 Å². The molecule has 4 rings (SSSR count). The lowest BCUT2D eigenvalue weighted by molar-refractivity contribution is 0.230. The molecule has 0 aliphatic heterocycles. The zero-order valence-electron chi connectivity index (χ0n) is 10.2. The second-order valence-corrected chi connectivity index (χ2v) is 6.32. The Hall–Kier alpha value is -0.980. The zero-order chi connectivity index (χ0) is 11.4. The van der Waals surface area contributed by atoms with Gasteiger partial charge in [-0.15, -0.1) is 0 Å². The zero-order valence-corrected chi connectivity index (χ0v) is 10.2. The molecule has 5 atom stereocenters. The fourth-order valence-corrected chi connectivity index (χ4v) is 5.23. The molecule has 17 heavy (non-hydrogen) atoms. The van der Waals surface area contributed by atoms with Crippen LogP contribution in [0.5, 0.6) is 5.75 Å². The maximum atomic E-state index is 10.0. The van der Waals surface area contributed by atoms with E-state index in [0.29, 0.717) is 11.7 Å². The van der Waals surface area contributed by atoms with E-state index in [0.717, 1.165) is 23.7 Å². The first-order valence-corrected chi connectivity index (χ1v) is 7.12. The highest BCUT2D eigenvalue weighted by Crippen LogP contribution is 2.64. The largest absolute Gasteiger partial charge is 0.508 e. The third kappa shape index (κ3) is 1.31. The van der Waals surface area contributed by atoms with Crippen LogP contribution >= 0.6 is 0 Å². The summed E-state index contributed by atoms with van der Waals surface area (Å²) >= 11 is 0. The fraction of sp³-hybridized carbons (Fsp3) is 0.625. The quantitative estimate of drug-likeness (QED) is 0.772. The Morgan fingerprint density at radius 2 is 1.76 bits per heavy atom. The molecular formula is C16H20O. The highest BCUT2D eigenvalue weighted by molar-refractivity contribution is 5.37. The molecule has 0 saturated heterocycles. The Kier molecular flexibility index (Phi) is 2.06. The number of fused-ring (bicyclic) bond motifs is 5. The smallest absolute Gasteiger partial charge is 0.119 e. The van der Waals surface area contributed by atoms with E-state index in [4.69, 9.17) is 0 Å². The van der Waals surface area contributed by atoms with Gasteiger partial charge in [-0.25, -0.2) is 0 Å². The molecule has 0 heterocycles. The van der Waals surface area contributed by atoms with Gasteiger partial charge in [-0.05, 0) is 66.9 Å². The minimum Gasteiger partial charge on any atom is -0.508 e. The van der Waals surface area contributed by atoms with Gasteiger partial charge in [-0.1, -0.05) is 24.6 Å². The average molecular weight is 228 g/mol. The molecule has 1 N–H and O–H groups in total. The van der Waals surface area contributed by atoms with Crippen LogP contribution in [0.3, 0.4) is 0 Å². The van der Waals surface area contributed by atoms with Crippen molar-refractivity contribution in [2.45, 2.75) is 38.0 Å². The van der Waals surface area contributed by atoms with E-state index in [1.165, 1.54) is 37.7 Å². The summed E-state index contributed by atoms with van der Waals surface area (Å²) in [7, 11) is 0. The van der Waals surface area contributed by atoms with Crippen molar-refractivity contribution >= 4 is 0 Å². The minimum absolute atomic E-state index is 0.527. The molecular weight excluding hydrogens is 208 g/mol. The van der Waals surface area contributed by atoms with Gasteiger partial charge in [-0.3, -0.25) is 0 Å². The van der Waals surface area contributed by atoms with E-state index in [1.807, 2.05) is 12.1 Å². The summed E-state index contributed by atoms with van der Waals surface area (Å²) in [6.07, 6.45) is 7.17. The van der Waals surface area contributed by atoms with Crippen LogP contribution in [-0.4, -0.2) is 5.11 Å². The van der Waals surface area contributed by atoms with Crippen LogP contribution in [-0.2, 0) is 0 Å². The van der Waals surface area contributed by atoms with Gasteiger partial charge in [0, 0.05) is 0 Å². The first kappa shape index (κ1) is 9.99. The van der Waals surface area contributed by atoms with Gasteiger partial charge in [0.2, 0.25) is 0 Å².